The molecule has 4 nitrogen and oxygen atoms in total. The van der Waals surface area contributed by atoms with E-state index in [1.54, 1.807) is 12.1 Å². The van der Waals surface area contributed by atoms with Gasteiger partial charge in [-0.2, -0.15) is 0 Å². The molecular weight excluding hydrogens is 296 g/mol. The summed E-state index contributed by atoms with van der Waals surface area (Å²) in [5, 5.41) is 14.4. The maximum Gasteiger partial charge on any atom is 0.285 e. The Hall–Kier alpha value is -1.10. The summed E-state index contributed by atoms with van der Waals surface area (Å²) in [7, 11) is 0. The molecule has 1 aromatic carbocycles. The normalized spacial score (nSPS) is 29.5. The molecule has 0 amide bonds. The van der Waals surface area contributed by atoms with E-state index < -0.39 is 0 Å². The number of nitro groups is 1. The molecular formula is C13H15BrN2O2. The minimum Gasteiger partial charge on any atom is -0.382 e. The van der Waals surface area contributed by atoms with E-state index in [2.05, 4.69) is 21.2 Å². The summed E-state index contributed by atoms with van der Waals surface area (Å²) >= 11 is 3.21. The van der Waals surface area contributed by atoms with Crippen LogP contribution >= 0.6 is 15.9 Å². The fourth-order valence-corrected chi connectivity index (χ4v) is 3.77. The van der Waals surface area contributed by atoms with Crippen LogP contribution in [0.15, 0.2) is 22.7 Å². The summed E-state index contributed by atoms with van der Waals surface area (Å²) in [5.74, 6) is 1.63. The van der Waals surface area contributed by atoms with Crippen molar-refractivity contribution >= 4 is 27.3 Å². The predicted molar refractivity (Wildman–Crippen MR) is 73.7 cm³/mol. The van der Waals surface area contributed by atoms with Crippen LogP contribution in [-0.4, -0.2) is 11.0 Å². The minimum absolute atomic E-state index is 0.128. The van der Waals surface area contributed by atoms with Crippen molar-refractivity contribution in [3.63, 3.8) is 0 Å². The first kappa shape index (κ1) is 12.0. The van der Waals surface area contributed by atoms with Crippen molar-refractivity contribution in [1.29, 1.82) is 0 Å². The molecule has 5 heteroatoms. The van der Waals surface area contributed by atoms with Crippen molar-refractivity contribution in [3.8, 4) is 0 Å². The van der Waals surface area contributed by atoms with Gasteiger partial charge in [-0.25, -0.2) is 0 Å². The van der Waals surface area contributed by atoms with Crippen LogP contribution in [0.5, 0.6) is 0 Å². The third-order valence-electron chi connectivity index (χ3n) is 4.23. The lowest BCUT2D eigenvalue weighted by Crippen LogP contribution is -2.25. The van der Waals surface area contributed by atoms with E-state index in [9.17, 15) is 10.1 Å². The number of hydrogen-bond acceptors (Lipinski definition) is 3. The van der Waals surface area contributed by atoms with Crippen molar-refractivity contribution in [2.24, 2.45) is 11.8 Å². The second kappa shape index (κ2) is 4.53. The molecule has 0 aromatic heterocycles. The lowest BCUT2D eigenvalue weighted by molar-refractivity contribution is -0.385. The molecule has 0 saturated heterocycles. The highest BCUT2D eigenvalue weighted by atomic mass is 79.9. The van der Waals surface area contributed by atoms with E-state index in [0.717, 1.165) is 17.5 Å². The molecule has 0 spiro atoms. The van der Waals surface area contributed by atoms with Crippen molar-refractivity contribution in [2.45, 2.75) is 31.7 Å². The zero-order chi connectivity index (χ0) is 12.7. The second-order valence-electron chi connectivity index (χ2n) is 5.35. The Bertz CT molecular complexity index is 492. The maximum absolute atomic E-state index is 10.9. The van der Waals surface area contributed by atoms with Gasteiger partial charge in [-0.15, -0.1) is 0 Å². The molecule has 96 valence electrons. The van der Waals surface area contributed by atoms with Gasteiger partial charge >= 0.3 is 0 Å². The molecule has 0 aliphatic heterocycles. The van der Waals surface area contributed by atoms with Crippen molar-refractivity contribution in [1.82, 2.24) is 0 Å². The molecule has 2 aliphatic carbocycles. The van der Waals surface area contributed by atoms with E-state index in [1.807, 2.05) is 6.07 Å². The number of nitro benzene ring substituents is 1. The Balaban J connectivity index is 1.77. The summed E-state index contributed by atoms with van der Waals surface area (Å²) in [5.41, 5.74) is 0.991. The van der Waals surface area contributed by atoms with Gasteiger partial charge in [0.05, 0.1) is 9.40 Å². The highest BCUT2D eigenvalue weighted by Gasteiger charge is 2.39. The van der Waals surface area contributed by atoms with E-state index in [0.29, 0.717) is 10.5 Å². The topological polar surface area (TPSA) is 55.2 Å². The van der Waals surface area contributed by atoms with Crippen LogP contribution in [0.1, 0.15) is 25.7 Å². The maximum atomic E-state index is 10.9. The molecule has 1 aromatic rings. The highest BCUT2D eigenvalue weighted by molar-refractivity contribution is 9.10. The van der Waals surface area contributed by atoms with E-state index in [4.69, 9.17) is 0 Å². The molecule has 2 saturated carbocycles. The zero-order valence-corrected chi connectivity index (χ0v) is 11.5. The molecule has 0 heterocycles. The van der Waals surface area contributed by atoms with Gasteiger partial charge in [-0.05, 0) is 59.2 Å². The largest absolute Gasteiger partial charge is 0.382 e. The monoisotopic (exact) mass is 310 g/mol. The fraction of sp³-hybridized carbons (Fsp3) is 0.538. The fourth-order valence-electron chi connectivity index (χ4n) is 3.38. The second-order valence-corrected chi connectivity index (χ2v) is 6.20. The Kier molecular flexibility index (Phi) is 3.01. The van der Waals surface area contributed by atoms with Gasteiger partial charge in [0.2, 0.25) is 0 Å². The van der Waals surface area contributed by atoms with Crippen LogP contribution < -0.4 is 5.32 Å². The number of halogens is 1. The number of nitrogens with zero attached hydrogens (tertiary/aromatic N) is 1. The summed E-state index contributed by atoms with van der Waals surface area (Å²) in [6.45, 7) is 0. The van der Waals surface area contributed by atoms with Crippen molar-refractivity contribution in [3.05, 3.63) is 32.8 Å². The summed E-state index contributed by atoms with van der Waals surface area (Å²) in [6.07, 6.45) is 5.22. The molecule has 3 rings (SSSR count). The van der Waals surface area contributed by atoms with Gasteiger partial charge in [-0.3, -0.25) is 10.1 Å². The smallest absolute Gasteiger partial charge is 0.285 e. The van der Waals surface area contributed by atoms with Gasteiger partial charge in [0.15, 0.2) is 0 Å². The molecule has 3 unspecified atom stereocenters. The van der Waals surface area contributed by atoms with Crippen LogP contribution in [0.3, 0.4) is 0 Å². The average molecular weight is 311 g/mol. The van der Waals surface area contributed by atoms with Gasteiger partial charge in [-0.1, -0.05) is 6.42 Å². The number of fused-ring (bicyclic) bond motifs is 2. The number of anilines is 1. The highest BCUT2D eigenvalue weighted by Crippen LogP contribution is 2.45. The van der Waals surface area contributed by atoms with Gasteiger partial charge < -0.3 is 5.32 Å². The van der Waals surface area contributed by atoms with Gasteiger partial charge in [0.25, 0.3) is 5.69 Å². The third-order valence-corrected chi connectivity index (χ3v) is 4.90. The average Bonchev–Trinajstić information content (AvgIpc) is 2.93. The minimum atomic E-state index is -0.351. The number of rotatable bonds is 3. The molecule has 1 N–H and O–H groups in total. The molecule has 2 bridgehead atoms. The molecule has 0 radical (unpaired) electrons. The Morgan fingerprint density at radius 1 is 1.33 bits per heavy atom. The molecule has 3 atom stereocenters. The van der Waals surface area contributed by atoms with Crippen LogP contribution in [-0.2, 0) is 0 Å². The van der Waals surface area contributed by atoms with Gasteiger partial charge in [0, 0.05) is 17.8 Å². The SMILES string of the molecule is O=[N+]([O-])c1cc(NC2CC3CCC2C3)ccc1Br. The van der Waals surface area contributed by atoms with Crippen molar-refractivity contribution in [2.75, 3.05) is 5.32 Å². The lowest BCUT2D eigenvalue weighted by atomic mass is 9.95. The van der Waals surface area contributed by atoms with E-state index in [-0.39, 0.29) is 10.6 Å². The van der Waals surface area contributed by atoms with Crippen LogP contribution in [0, 0.1) is 22.0 Å². The number of nitrogens with one attached hydrogen (secondary N) is 1. The zero-order valence-electron chi connectivity index (χ0n) is 9.93. The molecule has 2 aliphatic rings. The molecule has 18 heavy (non-hydrogen) atoms. The van der Waals surface area contributed by atoms with Crippen LogP contribution in [0.25, 0.3) is 0 Å². The predicted octanol–water partition coefficient (Wildman–Crippen LogP) is 3.96. The standard InChI is InChI=1S/C13H15BrN2O2/c14-11-4-3-10(7-13(11)16(17)18)15-12-6-8-1-2-9(12)5-8/h3-4,7-9,12,15H,1-2,5-6H2. The van der Waals surface area contributed by atoms with Crippen molar-refractivity contribution < 1.29 is 4.92 Å². The number of hydrogen-bond donors (Lipinski definition) is 1. The number of benzene rings is 1. The summed E-state index contributed by atoms with van der Waals surface area (Å²) in [4.78, 5) is 10.5. The summed E-state index contributed by atoms with van der Waals surface area (Å²) < 4.78 is 0.533. The first-order valence-electron chi connectivity index (χ1n) is 6.34. The summed E-state index contributed by atoms with van der Waals surface area (Å²) in [6, 6.07) is 5.77. The van der Waals surface area contributed by atoms with E-state index >= 15 is 0 Å². The quantitative estimate of drug-likeness (QED) is 0.679. The molecule has 2 fully saturated rings. The first-order chi connectivity index (χ1) is 8.63. The third kappa shape index (κ3) is 2.11. The van der Waals surface area contributed by atoms with E-state index in [1.165, 1.54) is 25.7 Å². The Morgan fingerprint density at radius 2 is 2.17 bits per heavy atom. The van der Waals surface area contributed by atoms with Gasteiger partial charge in [0.1, 0.15) is 0 Å². The lowest BCUT2D eigenvalue weighted by Gasteiger charge is -2.23. The van der Waals surface area contributed by atoms with Crippen LogP contribution in [0.4, 0.5) is 11.4 Å². The Labute approximate surface area is 114 Å². The Morgan fingerprint density at radius 3 is 2.78 bits per heavy atom. The first-order valence-corrected chi connectivity index (χ1v) is 7.13. The van der Waals surface area contributed by atoms with Crippen LogP contribution in [0.2, 0.25) is 0 Å².